The van der Waals surface area contributed by atoms with Gasteiger partial charge >= 0.3 is 0 Å². The molecule has 0 saturated heterocycles. The van der Waals surface area contributed by atoms with E-state index in [1.807, 2.05) is 0 Å². The van der Waals surface area contributed by atoms with Crippen molar-refractivity contribution in [2.45, 2.75) is 26.5 Å². The van der Waals surface area contributed by atoms with Gasteiger partial charge in [-0.15, -0.1) is 5.12 Å². The number of methoxy groups -OCH3 is 1. The second-order valence-corrected chi connectivity index (χ2v) is 9.92. The first-order valence-corrected chi connectivity index (χ1v) is 13.1. The fourth-order valence-electron chi connectivity index (χ4n) is 4.58. The topological polar surface area (TPSA) is 98.8 Å². The highest BCUT2D eigenvalue weighted by molar-refractivity contribution is 6.30. The van der Waals surface area contributed by atoms with Crippen LogP contribution < -0.4 is 20.2 Å². The number of amides is 1. The average Bonchev–Trinajstić information content (AvgIpc) is 3.21. The summed E-state index contributed by atoms with van der Waals surface area (Å²) in [6.07, 6.45) is 0.597. The molecule has 12 heteroatoms. The number of aliphatic hydroxyl groups excluding tert-OH is 1. The number of hydrogen-bond donors (Lipinski definition) is 1. The number of carbonyl (C=O) groups excluding carboxylic acids is 1. The Balaban J connectivity index is 1.47. The van der Waals surface area contributed by atoms with Crippen LogP contribution in [0.3, 0.4) is 0 Å². The molecule has 5 rings (SSSR count). The van der Waals surface area contributed by atoms with E-state index >= 15 is 8.87 Å². The molecule has 0 radical (unpaired) electrons. The van der Waals surface area contributed by atoms with Gasteiger partial charge < -0.3 is 14.6 Å². The summed E-state index contributed by atoms with van der Waals surface area (Å²) in [6.45, 7) is 2.90. The number of aromatic nitrogens is 3. The molecule has 1 atom stereocenters. The Kier molecular flexibility index (Phi) is 7.97. The molecule has 0 aliphatic heterocycles. The summed E-state index contributed by atoms with van der Waals surface area (Å²) in [4.78, 5) is 31.0. The van der Waals surface area contributed by atoms with E-state index < -0.39 is 34.6 Å². The monoisotopic (exact) mass is 594 g/mol. The zero-order chi connectivity index (χ0) is 30.1. The third-order valence-electron chi connectivity index (χ3n) is 6.55. The standard InChI is InChI=1S/C30H25ClF2N4O5/c1-17(38)16-35-18(2)28(30(40)37(35)21-6-4-5-19(31)13-21)29(39)36(33)20-7-10-27(24(32)14-20)42-26-11-12-34-25-15-22(41-3)8-9-23(25)26/h4-15,17,38H,16H2,1-3H3. The fraction of sp³-hybridized carbons (Fsp3) is 0.167. The Morgan fingerprint density at radius 1 is 1.12 bits per heavy atom. The predicted octanol–water partition coefficient (Wildman–Crippen LogP) is 6.00. The summed E-state index contributed by atoms with van der Waals surface area (Å²) >= 11 is 6.10. The number of carbonyl (C=O) groups is 1. The number of pyridine rings is 1. The van der Waals surface area contributed by atoms with Crippen molar-refractivity contribution in [1.29, 1.82) is 0 Å². The summed E-state index contributed by atoms with van der Waals surface area (Å²) in [6, 6.07) is 16.1. The number of fused-ring (bicyclic) bond motifs is 1. The number of nitrogens with zero attached hydrogens (tertiary/aromatic N) is 4. The summed E-state index contributed by atoms with van der Waals surface area (Å²) in [5.74, 6) is -1.57. The Bertz CT molecular complexity index is 1870. The molecule has 3 aromatic carbocycles. The minimum atomic E-state index is -1.31. The van der Waals surface area contributed by atoms with Gasteiger partial charge in [0.25, 0.3) is 11.5 Å². The molecule has 2 aromatic heterocycles. The number of anilines is 1. The first-order chi connectivity index (χ1) is 20.1. The maximum atomic E-state index is 15.5. The molecule has 0 aliphatic rings. The smallest absolute Gasteiger partial charge is 0.293 e. The molecule has 1 unspecified atom stereocenters. The molecule has 9 nitrogen and oxygen atoms in total. The van der Waals surface area contributed by atoms with Crippen LogP contribution in [0.2, 0.25) is 5.02 Å². The Morgan fingerprint density at radius 2 is 1.90 bits per heavy atom. The molecule has 0 bridgehead atoms. The molecular formula is C30H25ClF2N4O5. The van der Waals surface area contributed by atoms with Gasteiger partial charge in [0.05, 0.1) is 42.3 Å². The average molecular weight is 595 g/mol. The molecule has 2 heterocycles. The van der Waals surface area contributed by atoms with E-state index in [1.54, 1.807) is 42.5 Å². The van der Waals surface area contributed by atoms with Crippen molar-refractivity contribution in [2.24, 2.45) is 0 Å². The van der Waals surface area contributed by atoms with E-state index in [1.165, 1.54) is 44.0 Å². The van der Waals surface area contributed by atoms with Gasteiger partial charge in [-0.05, 0) is 62.4 Å². The summed E-state index contributed by atoms with van der Waals surface area (Å²) in [5.41, 5.74) is -0.788. The van der Waals surface area contributed by atoms with Crippen LogP contribution >= 0.6 is 11.6 Å². The van der Waals surface area contributed by atoms with Crippen LogP contribution in [-0.2, 0) is 6.54 Å². The van der Waals surface area contributed by atoms with Gasteiger partial charge in [-0.25, -0.2) is 9.07 Å². The molecular weight excluding hydrogens is 570 g/mol. The van der Waals surface area contributed by atoms with Crippen molar-refractivity contribution in [3.63, 3.8) is 0 Å². The molecule has 5 aromatic rings. The van der Waals surface area contributed by atoms with E-state index in [0.29, 0.717) is 33.1 Å². The number of benzene rings is 3. The van der Waals surface area contributed by atoms with Crippen LogP contribution in [0.4, 0.5) is 14.6 Å². The highest BCUT2D eigenvalue weighted by atomic mass is 35.5. The fourth-order valence-corrected chi connectivity index (χ4v) is 4.76. The quantitative estimate of drug-likeness (QED) is 0.221. The molecule has 0 spiro atoms. The zero-order valence-corrected chi connectivity index (χ0v) is 23.5. The molecule has 0 aliphatic carbocycles. The van der Waals surface area contributed by atoms with Crippen molar-refractivity contribution in [3.8, 4) is 22.9 Å². The molecule has 0 fully saturated rings. The number of aliphatic hydroxyl groups is 1. The van der Waals surface area contributed by atoms with Crippen molar-refractivity contribution >= 4 is 34.1 Å². The lowest BCUT2D eigenvalue weighted by molar-refractivity contribution is 0.0929. The van der Waals surface area contributed by atoms with Crippen molar-refractivity contribution in [1.82, 2.24) is 14.3 Å². The third-order valence-corrected chi connectivity index (χ3v) is 6.79. The lowest BCUT2D eigenvalue weighted by Crippen LogP contribution is -2.30. The highest BCUT2D eigenvalue weighted by Crippen LogP contribution is 2.33. The summed E-state index contributed by atoms with van der Waals surface area (Å²) in [7, 11) is 1.53. The SMILES string of the molecule is COc1ccc2c(Oc3ccc(N(F)C(=O)c4c(C)n(CC(C)O)n(-c5cccc(Cl)c5)c4=O)cc3F)ccnc2c1. The largest absolute Gasteiger partial charge is 0.497 e. The van der Waals surface area contributed by atoms with Crippen LogP contribution in [0.25, 0.3) is 16.6 Å². The molecule has 1 amide bonds. The van der Waals surface area contributed by atoms with Gasteiger partial charge in [-0.1, -0.05) is 22.1 Å². The van der Waals surface area contributed by atoms with E-state index in [9.17, 15) is 14.7 Å². The van der Waals surface area contributed by atoms with Crippen LogP contribution in [-0.4, -0.2) is 38.6 Å². The maximum Gasteiger partial charge on any atom is 0.293 e. The molecule has 0 saturated carbocycles. The number of halogens is 3. The minimum absolute atomic E-state index is 0.0652. The summed E-state index contributed by atoms with van der Waals surface area (Å²) in [5, 5.41) is 10.7. The van der Waals surface area contributed by atoms with Crippen molar-refractivity contribution in [2.75, 3.05) is 12.2 Å². The van der Waals surface area contributed by atoms with E-state index in [4.69, 9.17) is 21.1 Å². The van der Waals surface area contributed by atoms with Gasteiger partial charge in [-0.2, -0.15) is 0 Å². The Labute approximate surface area is 243 Å². The second-order valence-electron chi connectivity index (χ2n) is 9.48. The normalized spacial score (nSPS) is 11.9. The van der Waals surface area contributed by atoms with Crippen LogP contribution in [0, 0.1) is 12.7 Å². The van der Waals surface area contributed by atoms with Gasteiger partial charge in [0, 0.05) is 28.7 Å². The third kappa shape index (κ3) is 5.44. The van der Waals surface area contributed by atoms with Crippen LogP contribution in [0.5, 0.6) is 17.2 Å². The van der Waals surface area contributed by atoms with Crippen LogP contribution in [0.1, 0.15) is 23.0 Å². The van der Waals surface area contributed by atoms with Crippen LogP contribution in [0.15, 0.2) is 77.7 Å². The van der Waals surface area contributed by atoms with E-state index in [0.717, 1.165) is 16.8 Å². The van der Waals surface area contributed by atoms with Gasteiger partial charge in [0.1, 0.15) is 17.1 Å². The number of rotatable bonds is 8. The van der Waals surface area contributed by atoms with Gasteiger partial charge in [-0.3, -0.25) is 19.3 Å². The van der Waals surface area contributed by atoms with Gasteiger partial charge in [0.15, 0.2) is 11.6 Å². The number of hydrogen-bond acceptors (Lipinski definition) is 6. The number of ether oxygens (including phenoxy) is 2. The summed E-state index contributed by atoms with van der Waals surface area (Å²) < 4.78 is 44.1. The molecule has 1 N–H and O–H groups in total. The Morgan fingerprint density at radius 3 is 2.60 bits per heavy atom. The van der Waals surface area contributed by atoms with E-state index in [2.05, 4.69) is 4.98 Å². The van der Waals surface area contributed by atoms with Crippen molar-refractivity contribution < 1.29 is 28.2 Å². The Hall–Kier alpha value is -4.74. The first-order valence-electron chi connectivity index (χ1n) is 12.8. The lowest BCUT2D eigenvalue weighted by atomic mass is 10.2. The van der Waals surface area contributed by atoms with Crippen molar-refractivity contribution in [3.05, 3.63) is 105 Å². The zero-order valence-electron chi connectivity index (χ0n) is 22.7. The molecule has 216 valence electrons. The second kappa shape index (κ2) is 11.6. The predicted molar refractivity (Wildman–Crippen MR) is 154 cm³/mol. The maximum absolute atomic E-state index is 15.5. The molecule has 42 heavy (non-hydrogen) atoms. The minimum Gasteiger partial charge on any atom is -0.497 e. The lowest BCUT2D eigenvalue weighted by Gasteiger charge is -2.15. The van der Waals surface area contributed by atoms with Gasteiger partial charge in [0.2, 0.25) is 0 Å². The van der Waals surface area contributed by atoms with E-state index in [-0.39, 0.29) is 23.1 Å². The highest BCUT2D eigenvalue weighted by Gasteiger charge is 2.29. The first kappa shape index (κ1) is 28.8.